The molecule has 0 unspecified atom stereocenters. The third kappa shape index (κ3) is 4.11. The number of halogens is 1. The maximum absolute atomic E-state index is 12.0. The summed E-state index contributed by atoms with van der Waals surface area (Å²) in [5.41, 5.74) is 1.90. The molecule has 0 saturated carbocycles. The molecule has 0 saturated heterocycles. The predicted octanol–water partition coefficient (Wildman–Crippen LogP) is 3.63. The molecule has 1 aromatic carbocycles. The minimum absolute atomic E-state index is 0.143. The molecule has 1 aromatic heterocycles. The number of pyridine rings is 1. The number of hydrogen-bond donors (Lipinski definition) is 2. The number of anilines is 2. The van der Waals surface area contributed by atoms with Gasteiger partial charge >= 0.3 is 0 Å². The standard InChI is InChI=1S/C16H18ClN3O2/c1-3-6-19-16(21)11-7-13(10-18-9-11)20-14-8-12(17)4-5-15(14)22-2/h4-5,7-10,20H,3,6H2,1-2H3,(H,19,21). The number of aromatic nitrogens is 1. The van der Waals surface area contributed by atoms with Crippen molar-refractivity contribution < 1.29 is 9.53 Å². The van der Waals surface area contributed by atoms with Crippen LogP contribution < -0.4 is 15.4 Å². The van der Waals surface area contributed by atoms with E-state index in [1.54, 1.807) is 37.6 Å². The van der Waals surface area contributed by atoms with Crippen molar-refractivity contribution in [1.29, 1.82) is 0 Å². The molecule has 6 heteroatoms. The second-order valence-corrected chi connectivity index (χ2v) is 5.12. The van der Waals surface area contributed by atoms with Gasteiger partial charge in [-0.15, -0.1) is 0 Å². The fourth-order valence-corrected chi connectivity index (χ4v) is 2.08. The van der Waals surface area contributed by atoms with Gasteiger partial charge in [-0.1, -0.05) is 18.5 Å². The largest absolute Gasteiger partial charge is 0.495 e. The Morgan fingerprint density at radius 1 is 1.32 bits per heavy atom. The maximum Gasteiger partial charge on any atom is 0.252 e. The maximum atomic E-state index is 12.0. The lowest BCUT2D eigenvalue weighted by atomic mass is 10.2. The van der Waals surface area contributed by atoms with Crippen LogP contribution >= 0.6 is 11.6 Å². The van der Waals surface area contributed by atoms with Crippen LogP contribution in [0.2, 0.25) is 5.02 Å². The molecule has 1 heterocycles. The highest BCUT2D eigenvalue weighted by atomic mass is 35.5. The van der Waals surface area contributed by atoms with E-state index in [4.69, 9.17) is 16.3 Å². The van der Waals surface area contributed by atoms with Crippen LogP contribution in [-0.4, -0.2) is 24.5 Å². The number of ether oxygens (including phenoxy) is 1. The monoisotopic (exact) mass is 319 g/mol. The molecule has 22 heavy (non-hydrogen) atoms. The molecule has 0 aliphatic rings. The van der Waals surface area contributed by atoms with E-state index in [2.05, 4.69) is 15.6 Å². The third-order valence-corrected chi connectivity index (χ3v) is 3.21. The highest BCUT2D eigenvalue weighted by Crippen LogP contribution is 2.30. The summed E-state index contributed by atoms with van der Waals surface area (Å²) >= 11 is 6.00. The first-order valence-corrected chi connectivity index (χ1v) is 7.35. The Labute approximate surface area is 134 Å². The smallest absolute Gasteiger partial charge is 0.252 e. The van der Waals surface area contributed by atoms with Gasteiger partial charge in [-0.05, 0) is 30.7 Å². The second kappa shape index (κ2) is 7.66. The fraction of sp³-hybridized carbons (Fsp3) is 0.250. The number of carbonyl (C=O) groups excluding carboxylic acids is 1. The molecule has 0 aliphatic heterocycles. The average molecular weight is 320 g/mol. The van der Waals surface area contributed by atoms with Crippen LogP contribution in [0.4, 0.5) is 11.4 Å². The first-order valence-electron chi connectivity index (χ1n) is 6.98. The van der Waals surface area contributed by atoms with Crippen LogP contribution in [-0.2, 0) is 0 Å². The van der Waals surface area contributed by atoms with Crippen LogP contribution in [0.3, 0.4) is 0 Å². The molecule has 0 aliphatic carbocycles. The lowest BCUT2D eigenvalue weighted by Crippen LogP contribution is -2.24. The van der Waals surface area contributed by atoms with Crippen molar-refractivity contribution in [3.63, 3.8) is 0 Å². The second-order valence-electron chi connectivity index (χ2n) is 4.69. The van der Waals surface area contributed by atoms with E-state index in [0.29, 0.717) is 34.3 Å². The highest BCUT2D eigenvalue weighted by molar-refractivity contribution is 6.31. The van der Waals surface area contributed by atoms with E-state index < -0.39 is 0 Å². The van der Waals surface area contributed by atoms with Crippen LogP contribution in [0.15, 0.2) is 36.7 Å². The molecule has 0 atom stereocenters. The van der Waals surface area contributed by atoms with Crippen molar-refractivity contribution in [1.82, 2.24) is 10.3 Å². The Bertz CT molecular complexity index is 662. The molecule has 0 spiro atoms. The lowest BCUT2D eigenvalue weighted by Gasteiger charge is -2.12. The van der Waals surface area contributed by atoms with E-state index in [0.717, 1.165) is 6.42 Å². The van der Waals surface area contributed by atoms with Gasteiger partial charge < -0.3 is 15.4 Å². The Balaban J connectivity index is 2.20. The molecule has 0 radical (unpaired) electrons. The molecule has 2 N–H and O–H groups in total. The number of methoxy groups -OCH3 is 1. The number of hydrogen-bond acceptors (Lipinski definition) is 4. The highest BCUT2D eigenvalue weighted by Gasteiger charge is 2.08. The summed E-state index contributed by atoms with van der Waals surface area (Å²) in [5, 5.41) is 6.57. The minimum atomic E-state index is -0.143. The van der Waals surface area contributed by atoms with Crippen LogP contribution in [0.5, 0.6) is 5.75 Å². The number of rotatable bonds is 6. The molecule has 2 aromatic rings. The summed E-state index contributed by atoms with van der Waals surface area (Å²) in [6, 6.07) is 7.01. The Morgan fingerprint density at radius 2 is 2.14 bits per heavy atom. The number of nitrogens with one attached hydrogen (secondary N) is 2. The van der Waals surface area contributed by atoms with E-state index in [-0.39, 0.29) is 5.91 Å². The molecule has 116 valence electrons. The number of carbonyl (C=O) groups is 1. The van der Waals surface area contributed by atoms with Gasteiger partial charge in [0.25, 0.3) is 5.91 Å². The van der Waals surface area contributed by atoms with Crippen molar-refractivity contribution in [2.45, 2.75) is 13.3 Å². The summed E-state index contributed by atoms with van der Waals surface area (Å²) in [7, 11) is 1.58. The van der Waals surface area contributed by atoms with Crippen LogP contribution in [0.1, 0.15) is 23.7 Å². The third-order valence-electron chi connectivity index (χ3n) is 2.98. The molecular formula is C16H18ClN3O2. The number of benzene rings is 1. The summed E-state index contributed by atoms with van der Waals surface area (Å²) in [4.78, 5) is 16.1. The molecule has 5 nitrogen and oxygen atoms in total. The normalized spacial score (nSPS) is 10.1. The summed E-state index contributed by atoms with van der Waals surface area (Å²) in [6.45, 7) is 2.64. The van der Waals surface area contributed by atoms with Gasteiger partial charge in [-0.25, -0.2) is 0 Å². The van der Waals surface area contributed by atoms with Crippen molar-refractivity contribution in [2.75, 3.05) is 19.0 Å². The van der Waals surface area contributed by atoms with Gasteiger partial charge in [0.1, 0.15) is 5.75 Å². The van der Waals surface area contributed by atoms with Gasteiger partial charge in [0.2, 0.25) is 0 Å². The first-order chi connectivity index (χ1) is 10.6. The van der Waals surface area contributed by atoms with Crippen molar-refractivity contribution in [2.24, 2.45) is 0 Å². The predicted molar refractivity (Wildman–Crippen MR) is 88.1 cm³/mol. The summed E-state index contributed by atoms with van der Waals surface area (Å²) in [5.74, 6) is 0.515. The Kier molecular flexibility index (Phi) is 5.61. The average Bonchev–Trinajstić information content (AvgIpc) is 2.53. The van der Waals surface area contributed by atoms with Crippen molar-refractivity contribution in [3.8, 4) is 5.75 Å². The topological polar surface area (TPSA) is 63.2 Å². The zero-order chi connectivity index (χ0) is 15.9. The van der Waals surface area contributed by atoms with E-state index in [1.807, 2.05) is 6.92 Å². The Hall–Kier alpha value is -2.27. The first kappa shape index (κ1) is 16.1. The summed E-state index contributed by atoms with van der Waals surface area (Å²) < 4.78 is 5.28. The van der Waals surface area contributed by atoms with E-state index >= 15 is 0 Å². The van der Waals surface area contributed by atoms with Gasteiger partial charge in [-0.3, -0.25) is 9.78 Å². The lowest BCUT2D eigenvalue weighted by molar-refractivity contribution is 0.0953. The molecule has 0 fully saturated rings. The van der Waals surface area contributed by atoms with Crippen molar-refractivity contribution in [3.05, 3.63) is 47.2 Å². The Morgan fingerprint density at radius 3 is 2.86 bits per heavy atom. The van der Waals surface area contributed by atoms with Gasteiger partial charge in [-0.2, -0.15) is 0 Å². The zero-order valence-electron chi connectivity index (χ0n) is 12.5. The number of amides is 1. The molecule has 2 rings (SSSR count). The molecule has 0 bridgehead atoms. The van der Waals surface area contributed by atoms with Crippen LogP contribution in [0, 0.1) is 0 Å². The quantitative estimate of drug-likeness (QED) is 0.853. The minimum Gasteiger partial charge on any atom is -0.495 e. The molecular weight excluding hydrogens is 302 g/mol. The van der Waals surface area contributed by atoms with Crippen LogP contribution in [0.25, 0.3) is 0 Å². The SMILES string of the molecule is CCCNC(=O)c1cncc(Nc2cc(Cl)ccc2OC)c1. The van der Waals surface area contributed by atoms with Gasteiger partial charge in [0.05, 0.1) is 30.2 Å². The fourth-order valence-electron chi connectivity index (χ4n) is 1.91. The van der Waals surface area contributed by atoms with Crippen molar-refractivity contribution >= 4 is 28.9 Å². The van der Waals surface area contributed by atoms with Gasteiger partial charge in [0, 0.05) is 17.8 Å². The summed E-state index contributed by atoms with van der Waals surface area (Å²) in [6.07, 6.45) is 4.05. The zero-order valence-corrected chi connectivity index (χ0v) is 13.3. The van der Waals surface area contributed by atoms with E-state index in [9.17, 15) is 4.79 Å². The number of nitrogens with zero attached hydrogens (tertiary/aromatic N) is 1. The molecule has 1 amide bonds. The van der Waals surface area contributed by atoms with E-state index in [1.165, 1.54) is 6.20 Å². The van der Waals surface area contributed by atoms with Gasteiger partial charge in [0.15, 0.2) is 0 Å².